The standard InChI is InChI=1S/C13H9BrCl2FN/c14-9-6-7(4-5-11(9)17)13(18)8-2-1-3-10(15)12(8)16/h1-6,13H,18H2. The van der Waals surface area contributed by atoms with Crippen LogP contribution in [0.4, 0.5) is 4.39 Å². The molecule has 0 aliphatic heterocycles. The molecule has 0 saturated carbocycles. The number of halogens is 4. The summed E-state index contributed by atoms with van der Waals surface area (Å²) in [5.74, 6) is -0.330. The molecule has 18 heavy (non-hydrogen) atoms. The summed E-state index contributed by atoms with van der Waals surface area (Å²) in [6.07, 6.45) is 0. The van der Waals surface area contributed by atoms with Gasteiger partial charge in [-0.3, -0.25) is 0 Å². The molecule has 0 saturated heterocycles. The van der Waals surface area contributed by atoms with Crippen LogP contribution in [0.25, 0.3) is 0 Å². The van der Waals surface area contributed by atoms with Crippen LogP contribution in [0.3, 0.4) is 0 Å². The summed E-state index contributed by atoms with van der Waals surface area (Å²) in [6, 6.07) is 9.45. The predicted octanol–water partition coefficient (Wildman–Crippen LogP) is 4.94. The second kappa shape index (κ2) is 5.57. The fourth-order valence-electron chi connectivity index (χ4n) is 1.65. The first kappa shape index (κ1) is 13.8. The van der Waals surface area contributed by atoms with Gasteiger partial charge in [-0.15, -0.1) is 0 Å². The minimum atomic E-state index is -0.451. The van der Waals surface area contributed by atoms with E-state index in [4.69, 9.17) is 28.9 Å². The van der Waals surface area contributed by atoms with Crippen LogP contribution < -0.4 is 5.73 Å². The lowest BCUT2D eigenvalue weighted by Gasteiger charge is -2.15. The second-order valence-corrected chi connectivity index (χ2v) is 5.43. The third-order valence-electron chi connectivity index (χ3n) is 2.62. The molecule has 94 valence electrons. The van der Waals surface area contributed by atoms with Crippen LogP contribution in [-0.4, -0.2) is 0 Å². The van der Waals surface area contributed by atoms with Gasteiger partial charge in [-0.25, -0.2) is 4.39 Å². The molecule has 1 nitrogen and oxygen atoms in total. The number of hydrogen-bond donors (Lipinski definition) is 1. The largest absolute Gasteiger partial charge is 0.320 e. The number of rotatable bonds is 2. The molecular formula is C13H9BrCl2FN. The third kappa shape index (κ3) is 2.69. The minimum absolute atomic E-state index is 0.330. The first-order valence-corrected chi connectivity index (χ1v) is 6.70. The fourth-order valence-corrected chi connectivity index (χ4v) is 2.47. The van der Waals surface area contributed by atoms with E-state index in [1.165, 1.54) is 6.07 Å². The molecule has 0 bridgehead atoms. The van der Waals surface area contributed by atoms with Crippen molar-refractivity contribution >= 4 is 39.1 Å². The molecule has 0 radical (unpaired) electrons. The van der Waals surface area contributed by atoms with E-state index in [0.29, 0.717) is 20.1 Å². The fraction of sp³-hybridized carbons (Fsp3) is 0.0769. The average Bonchev–Trinajstić information content (AvgIpc) is 2.35. The van der Waals surface area contributed by atoms with Crippen LogP contribution in [-0.2, 0) is 0 Å². The first-order chi connectivity index (χ1) is 8.50. The summed E-state index contributed by atoms with van der Waals surface area (Å²) in [6.45, 7) is 0. The Kier molecular flexibility index (Phi) is 4.28. The lowest BCUT2D eigenvalue weighted by molar-refractivity contribution is 0.619. The van der Waals surface area contributed by atoms with Gasteiger partial charge < -0.3 is 5.73 Å². The summed E-state index contributed by atoms with van der Waals surface area (Å²) in [4.78, 5) is 0. The summed E-state index contributed by atoms with van der Waals surface area (Å²) < 4.78 is 13.5. The van der Waals surface area contributed by atoms with Crippen LogP contribution in [0.5, 0.6) is 0 Å². The highest BCUT2D eigenvalue weighted by Gasteiger charge is 2.15. The molecule has 0 fully saturated rings. The topological polar surface area (TPSA) is 26.0 Å². The number of nitrogens with two attached hydrogens (primary N) is 1. The molecule has 2 N–H and O–H groups in total. The zero-order valence-electron chi connectivity index (χ0n) is 9.13. The maximum atomic E-state index is 13.2. The van der Waals surface area contributed by atoms with Crippen molar-refractivity contribution < 1.29 is 4.39 Å². The van der Waals surface area contributed by atoms with Crippen molar-refractivity contribution in [1.29, 1.82) is 0 Å². The van der Waals surface area contributed by atoms with Gasteiger partial charge in [0, 0.05) is 0 Å². The van der Waals surface area contributed by atoms with E-state index < -0.39 is 6.04 Å². The molecule has 2 aromatic rings. The highest BCUT2D eigenvalue weighted by atomic mass is 79.9. The Hall–Kier alpha value is -0.610. The molecule has 0 aliphatic rings. The second-order valence-electron chi connectivity index (χ2n) is 3.79. The van der Waals surface area contributed by atoms with E-state index in [2.05, 4.69) is 15.9 Å². The number of hydrogen-bond acceptors (Lipinski definition) is 1. The van der Waals surface area contributed by atoms with Crippen LogP contribution in [0.2, 0.25) is 10.0 Å². The van der Waals surface area contributed by atoms with E-state index >= 15 is 0 Å². The first-order valence-electron chi connectivity index (χ1n) is 5.15. The van der Waals surface area contributed by atoms with Gasteiger partial charge in [0.15, 0.2) is 0 Å². The summed E-state index contributed by atoms with van der Waals surface area (Å²) in [7, 11) is 0. The average molecular weight is 349 g/mol. The van der Waals surface area contributed by atoms with Gasteiger partial charge in [0.1, 0.15) is 5.82 Å². The van der Waals surface area contributed by atoms with E-state index in [-0.39, 0.29) is 5.82 Å². The van der Waals surface area contributed by atoms with Crippen molar-refractivity contribution in [2.24, 2.45) is 5.73 Å². The van der Waals surface area contributed by atoms with Gasteiger partial charge >= 0.3 is 0 Å². The molecule has 0 spiro atoms. The van der Waals surface area contributed by atoms with Gasteiger partial charge in [0.05, 0.1) is 20.6 Å². The third-order valence-corrected chi connectivity index (χ3v) is 4.06. The van der Waals surface area contributed by atoms with E-state index in [9.17, 15) is 4.39 Å². The van der Waals surface area contributed by atoms with Crippen molar-refractivity contribution in [3.05, 3.63) is 67.9 Å². The summed E-state index contributed by atoms with van der Waals surface area (Å²) >= 11 is 15.2. The number of benzene rings is 2. The highest BCUT2D eigenvalue weighted by Crippen LogP contribution is 2.32. The molecule has 0 amide bonds. The normalized spacial score (nSPS) is 12.5. The molecule has 2 rings (SSSR count). The molecule has 1 unspecified atom stereocenters. The molecular weight excluding hydrogens is 340 g/mol. The Morgan fingerprint density at radius 1 is 1.17 bits per heavy atom. The van der Waals surface area contributed by atoms with Gasteiger partial charge in [0.25, 0.3) is 0 Å². The van der Waals surface area contributed by atoms with Gasteiger partial charge in [-0.1, -0.05) is 41.4 Å². The SMILES string of the molecule is NC(c1ccc(F)c(Br)c1)c1cccc(Cl)c1Cl. The van der Waals surface area contributed by atoms with E-state index in [1.54, 1.807) is 30.3 Å². The van der Waals surface area contributed by atoms with Crippen molar-refractivity contribution in [3.8, 4) is 0 Å². The minimum Gasteiger partial charge on any atom is -0.320 e. The molecule has 0 aromatic heterocycles. The Balaban J connectivity index is 2.44. The van der Waals surface area contributed by atoms with Crippen LogP contribution >= 0.6 is 39.1 Å². The van der Waals surface area contributed by atoms with E-state index in [0.717, 1.165) is 5.56 Å². The maximum absolute atomic E-state index is 13.2. The quantitative estimate of drug-likeness (QED) is 0.816. The molecule has 2 aromatic carbocycles. The zero-order chi connectivity index (χ0) is 13.3. The van der Waals surface area contributed by atoms with Gasteiger partial charge in [-0.2, -0.15) is 0 Å². The summed E-state index contributed by atoms with van der Waals surface area (Å²) in [5.41, 5.74) is 7.59. The Labute approximate surface area is 123 Å². The predicted molar refractivity (Wildman–Crippen MR) is 76.6 cm³/mol. The van der Waals surface area contributed by atoms with Crippen molar-refractivity contribution in [2.75, 3.05) is 0 Å². The molecule has 1 atom stereocenters. The molecule has 5 heteroatoms. The monoisotopic (exact) mass is 347 g/mol. The van der Waals surface area contributed by atoms with Crippen molar-refractivity contribution in [3.63, 3.8) is 0 Å². The Morgan fingerprint density at radius 2 is 1.89 bits per heavy atom. The van der Waals surface area contributed by atoms with Crippen LogP contribution in [0, 0.1) is 5.82 Å². The lowest BCUT2D eigenvalue weighted by atomic mass is 9.99. The van der Waals surface area contributed by atoms with Gasteiger partial charge in [0.2, 0.25) is 0 Å². The van der Waals surface area contributed by atoms with Crippen LogP contribution in [0.15, 0.2) is 40.9 Å². The Bertz CT molecular complexity index is 589. The van der Waals surface area contributed by atoms with Crippen LogP contribution in [0.1, 0.15) is 17.2 Å². The highest BCUT2D eigenvalue weighted by molar-refractivity contribution is 9.10. The van der Waals surface area contributed by atoms with Crippen molar-refractivity contribution in [1.82, 2.24) is 0 Å². The maximum Gasteiger partial charge on any atom is 0.137 e. The van der Waals surface area contributed by atoms with E-state index in [1.807, 2.05) is 0 Å². The van der Waals surface area contributed by atoms with Crippen molar-refractivity contribution in [2.45, 2.75) is 6.04 Å². The smallest absolute Gasteiger partial charge is 0.137 e. The summed E-state index contributed by atoms with van der Waals surface area (Å²) in [5, 5.41) is 0.873. The zero-order valence-corrected chi connectivity index (χ0v) is 12.2. The molecule has 0 aliphatic carbocycles. The Morgan fingerprint density at radius 3 is 2.56 bits per heavy atom. The molecule has 0 heterocycles. The van der Waals surface area contributed by atoms with Gasteiger partial charge in [-0.05, 0) is 45.3 Å². The lowest BCUT2D eigenvalue weighted by Crippen LogP contribution is -2.12.